The fourth-order valence-electron chi connectivity index (χ4n) is 2.16. The quantitative estimate of drug-likeness (QED) is 0.796. The molecule has 0 bridgehead atoms. The van der Waals surface area contributed by atoms with Crippen molar-refractivity contribution in [1.29, 1.82) is 0 Å². The number of hydrogen-bond acceptors (Lipinski definition) is 7. The number of morpholine rings is 1. The average Bonchev–Trinajstić information content (AvgIpc) is 2.95. The summed E-state index contributed by atoms with van der Waals surface area (Å²) in [4.78, 5) is 1.99. The summed E-state index contributed by atoms with van der Waals surface area (Å²) < 4.78 is 11.3. The second-order valence-corrected chi connectivity index (χ2v) is 5.24. The zero-order chi connectivity index (χ0) is 14.5. The van der Waals surface area contributed by atoms with Crippen molar-refractivity contribution in [2.75, 3.05) is 31.2 Å². The highest BCUT2D eigenvalue weighted by molar-refractivity contribution is 5.28. The molecule has 1 aliphatic heterocycles. The van der Waals surface area contributed by atoms with Gasteiger partial charge in [-0.1, -0.05) is 12.0 Å². The Kier molecular flexibility index (Phi) is 5.33. The molecule has 1 fully saturated rings. The van der Waals surface area contributed by atoms with Crippen molar-refractivity contribution >= 4 is 6.01 Å². The van der Waals surface area contributed by atoms with Crippen molar-refractivity contribution < 1.29 is 14.3 Å². The van der Waals surface area contributed by atoms with E-state index in [1.54, 1.807) is 0 Å². The molecule has 1 aromatic rings. The lowest BCUT2D eigenvalue weighted by atomic mass is 10.2. The van der Waals surface area contributed by atoms with Crippen LogP contribution in [0.5, 0.6) is 0 Å². The lowest BCUT2D eigenvalue weighted by molar-refractivity contribution is -0.0119. The molecule has 2 heterocycles. The molecule has 1 aromatic heterocycles. The van der Waals surface area contributed by atoms with Gasteiger partial charge in [0.25, 0.3) is 0 Å². The van der Waals surface area contributed by atoms with Gasteiger partial charge in [0.1, 0.15) is 0 Å². The van der Waals surface area contributed by atoms with Gasteiger partial charge in [-0.2, -0.15) is 0 Å². The molecular formula is C13H24N4O3. The third-order valence-electron chi connectivity index (χ3n) is 3.46. The number of aliphatic hydroxyl groups excluding tert-OH is 1. The van der Waals surface area contributed by atoms with Crippen LogP contribution in [0.15, 0.2) is 4.42 Å². The first kappa shape index (κ1) is 15.2. The van der Waals surface area contributed by atoms with E-state index in [1.807, 2.05) is 18.7 Å². The molecule has 1 saturated heterocycles. The third kappa shape index (κ3) is 3.47. The highest BCUT2D eigenvalue weighted by atomic mass is 16.5. The molecular weight excluding hydrogens is 260 g/mol. The average molecular weight is 284 g/mol. The van der Waals surface area contributed by atoms with E-state index in [9.17, 15) is 5.11 Å². The maximum Gasteiger partial charge on any atom is 0.318 e. The molecule has 0 amide bonds. The zero-order valence-corrected chi connectivity index (χ0v) is 12.4. The lowest BCUT2D eigenvalue weighted by Gasteiger charge is -2.35. The highest BCUT2D eigenvalue weighted by Gasteiger charge is 2.29. The number of hydrogen-bond donors (Lipinski definition) is 2. The molecule has 3 atom stereocenters. The molecule has 20 heavy (non-hydrogen) atoms. The van der Waals surface area contributed by atoms with Crippen LogP contribution in [0.4, 0.5) is 6.01 Å². The summed E-state index contributed by atoms with van der Waals surface area (Å²) in [5.41, 5.74) is 0. The summed E-state index contributed by atoms with van der Waals surface area (Å²) >= 11 is 0. The maximum atomic E-state index is 9.20. The minimum atomic E-state index is -0.197. The third-order valence-corrected chi connectivity index (χ3v) is 3.46. The van der Waals surface area contributed by atoms with Crippen LogP contribution >= 0.6 is 0 Å². The number of aromatic nitrogens is 2. The van der Waals surface area contributed by atoms with E-state index in [-0.39, 0.29) is 24.8 Å². The number of aliphatic hydroxyl groups is 1. The maximum absolute atomic E-state index is 9.20. The summed E-state index contributed by atoms with van der Waals surface area (Å²) in [6.07, 6.45) is 0.862. The van der Waals surface area contributed by atoms with Gasteiger partial charge in [0.15, 0.2) is 0 Å². The number of ether oxygens (including phenoxy) is 1. The zero-order valence-electron chi connectivity index (χ0n) is 12.4. The molecule has 0 spiro atoms. The smallest absolute Gasteiger partial charge is 0.318 e. The van der Waals surface area contributed by atoms with Gasteiger partial charge in [0.05, 0.1) is 37.9 Å². The summed E-state index contributed by atoms with van der Waals surface area (Å²) in [6, 6.07) is 0.700. The van der Waals surface area contributed by atoms with Crippen LogP contribution in [0.1, 0.15) is 39.1 Å². The predicted octanol–water partition coefficient (Wildman–Crippen LogP) is 0.716. The van der Waals surface area contributed by atoms with Crippen LogP contribution in [0, 0.1) is 0 Å². The van der Waals surface area contributed by atoms with Crippen molar-refractivity contribution in [2.45, 2.75) is 45.4 Å². The number of rotatable bonds is 6. The second-order valence-electron chi connectivity index (χ2n) is 5.24. The Hall–Kier alpha value is -1.18. The van der Waals surface area contributed by atoms with E-state index in [2.05, 4.69) is 22.4 Å². The van der Waals surface area contributed by atoms with Crippen LogP contribution in [-0.2, 0) is 4.74 Å². The van der Waals surface area contributed by atoms with Crippen molar-refractivity contribution in [3.63, 3.8) is 0 Å². The van der Waals surface area contributed by atoms with Crippen LogP contribution < -0.4 is 10.2 Å². The van der Waals surface area contributed by atoms with Crippen molar-refractivity contribution in [1.82, 2.24) is 15.5 Å². The van der Waals surface area contributed by atoms with Crippen molar-refractivity contribution in [2.24, 2.45) is 0 Å². The predicted molar refractivity (Wildman–Crippen MR) is 74.6 cm³/mol. The number of nitrogens with one attached hydrogen (secondary N) is 1. The minimum Gasteiger partial charge on any atom is -0.406 e. The Morgan fingerprint density at radius 3 is 3.00 bits per heavy atom. The molecule has 7 nitrogen and oxygen atoms in total. The molecule has 0 radical (unpaired) electrons. The molecule has 2 rings (SSSR count). The fourth-order valence-corrected chi connectivity index (χ4v) is 2.16. The van der Waals surface area contributed by atoms with Crippen LogP contribution in [0.3, 0.4) is 0 Å². The summed E-state index contributed by atoms with van der Waals surface area (Å²) in [5.74, 6) is 0.590. The molecule has 2 N–H and O–H groups in total. The Bertz CT molecular complexity index is 412. The lowest BCUT2D eigenvalue weighted by Crippen LogP contribution is -2.49. The van der Waals surface area contributed by atoms with E-state index in [1.165, 1.54) is 0 Å². The summed E-state index contributed by atoms with van der Waals surface area (Å²) in [6.45, 7) is 8.19. The summed E-state index contributed by atoms with van der Waals surface area (Å²) in [5, 5.41) is 20.7. The van der Waals surface area contributed by atoms with Crippen LogP contribution in [-0.4, -0.2) is 53.8 Å². The van der Waals surface area contributed by atoms with Gasteiger partial charge < -0.3 is 24.5 Å². The fraction of sp³-hybridized carbons (Fsp3) is 0.846. The van der Waals surface area contributed by atoms with Gasteiger partial charge in [-0.15, -0.1) is 5.10 Å². The molecule has 3 unspecified atom stereocenters. The van der Waals surface area contributed by atoms with E-state index in [0.717, 1.165) is 13.0 Å². The Balaban J connectivity index is 2.03. The van der Waals surface area contributed by atoms with Gasteiger partial charge in [-0.25, -0.2) is 0 Å². The molecule has 0 saturated carbocycles. The van der Waals surface area contributed by atoms with Gasteiger partial charge in [-0.3, -0.25) is 0 Å². The first-order valence-electron chi connectivity index (χ1n) is 7.21. The Morgan fingerprint density at radius 2 is 2.30 bits per heavy atom. The summed E-state index contributed by atoms with van der Waals surface area (Å²) in [7, 11) is 0. The van der Waals surface area contributed by atoms with Crippen LogP contribution in [0.25, 0.3) is 0 Å². The minimum absolute atomic E-state index is 0.00132. The first-order chi connectivity index (χ1) is 9.65. The number of anilines is 1. The van der Waals surface area contributed by atoms with E-state index < -0.39 is 0 Å². The molecule has 114 valence electrons. The molecule has 0 aliphatic carbocycles. The normalized spacial score (nSPS) is 24.9. The Morgan fingerprint density at radius 1 is 1.50 bits per heavy atom. The topological polar surface area (TPSA) is 83.7 Å². The first-order valence-corrected chi connectivity index (χ1v) is 7.21. The monoisotopic (exact) mass is 284 g/mol. The van der Waals surface area contributed by atoms with E-state index >= 15 is 0 Å². The van der Waals surface area contributed by atoms with Crippen LogP contribution in [0.2, 0.25) is 0 Å². The van der Waals surface area contributed by atoms with E-state index in [0.29, 0.717) is 25.1 Å². The van der Waals surface area contributed by atoms with Gasteiger partial charge in [-0.05, 0) is 26.8 Å². The van der Waals surface area contributed by atoms with Crippen molar-refractivity contribution in [3.05, 3.63) is 5.89 Å². The molecule has 0 aromatic carbocycles. The van der Waals surface area contributed by atoms with E-state index in [4.69, 9.17) is 9.15 Å². The molecule has 1 aliphatic rings. The second kappa shape index (κ2) is 7.01. The van der Waals surface area contributed by atoms with Gasteiger partial charge in [0.2, 0.25) is 5.89 Å². The van der Waals surface area contributed by atoms with Crippen molar-refractivity contribution in [3.8, 4) is 0 Å². The number of nitrogens with zero attached hydrogens (tertiary/aromatic N) is 3. The molecule has 7 heteroatoms. The standard InChI is InChI=1S/C13H24N4O3/c1-4-5-14-10(3)12-15-16-13(20-12)17-6-11(7-18)19-8-9(17)2/h9-11,14,18H,4-8H2,1-3H3. The van der Waals surface area contributed by atoms with Gasteiger partial charge >= 0.3 is 6.01 Å². The largest absolute Gasteiger partial charge is 0.406 e. The highest BCUT2D eigenvalue weighted by Crippen LogP contribution is 2.22. The Labute approximate surface area is 119 Å². The van der Waals surface area contributed by atoms with Gasteiger partial charge in [0, 0.05) is 0 Å². The SMILES string of the molecule is CCCNC(C)c1nnc(N2CC(CO)OCC2C)o1.